The van der Waals surface area contributed by atoms with Gasteiger partial charge < -0.3 is 4.90 Å². The number of nitrogens with one attached hydrogen (secondary N) is 1. The van der Waals surface area contributed by atoms with E-state index >= 15 is 0 Å². The molecule has 0 aliphatic heterocycles. The number of thiocarbonyl (C=S) groups is 1. The molecule has 0 spiro atoms. The number of hydrogen-bond donors (Lipinski definition) is 1. The number of hydrogen-bond acceptors (Lipinski definition) is 4. The summed E-state index contributed by atoms with van der Waals surface area (Å²) in [5.41, 5.74) is 5.09. The van der Waals surface area contributed by atoms with Gasteiger partial charge in [0.25, 0.3) is 0 Å². The van der Waals surface area contributed by atoms with Crippen molar-refractivity contribution in [2.24, 2.45) is 5.10 Å². The molecule has 0 saturated carbocycles. The van der Waals surface area contributed by atoms with Gasteiger partial charge in [-0.05, 0) is 37.8 Å². The third-order valence-electron chi connectivity index (χ3n) is 2.58. The average molecular weight is 281 g/mol. The predicted molar refractivity (Wildman–Crippen MR) is 86.8 cm³/mol. The third-order valence-corrected chi connectivity index (χ3v) is 3.63. The highest BCUT2D eigenvalue weighted by molar-refractivity contribution is 8.22. The van der Waals surface area contributed by atoms with Crippen LogP contribution < -0.4 is 10.3 Å². The number of nitrogens with zero attached hydrogens (tertiary/aromatic N) is 2. The van der Waals surface area contributed by atoms with E-state index in [1.807, 2.05) is 6.26 Å². The van der Waals surface area contributed by atoms with Crippen LogP contribution in [0.3, 0.4) is 0 Å². The largest absolute Gasteiger partial charge is 0.372 e. The molecule has 0 atom stereocenters. The zero-order chi connectivity index (χ0) is 13.4. The van der Waals surface area contributed by atoms with Gasteiger partial charge in [0.15, 0.2) is 4.32 Å². The predicted octanol–water partition coefficient (Wildman–Crippen LogP) is 3.10. The third kappa shape index (κ3) is 4.66. The molecular weight excluding hydrogens is 262 g/mol. The van der Waals surface area contributed by atoms with E-state index in [1.165, 1.54) is 17.4 Å². The highest BCUT2D eigenvalue weighted by atomic mass is 32.2. The van der Waals surface area contributed by atoms with Crippen molar-refractivity contribution < 1.29 is 0 Å². The van der Waals surface area contributed by atoms with E-state index in [0.29, 0.717) is 4.32 Å². The summed E-state index contributed by atoms with van der Waals surface area (Å²) in [7, 11) is 0. The topological polar surface area (TPSA) is 27.6 Å². The Morgan fingerprint density at radius 1 is 1.33 bits per heavy atom. The zero-order valence-electron chi connectivity index (χ0n) is 11.0. The first-order chi connectivity index (χ1) is 8.71. The summed E-state index contributed by atoms with van der Waals surface area (Å²) < 4.78 is 0.672. The fourth-order valence-electron chi connectivity index (χ4n) is 1.57. The van der Waals surface area contributed by atoms with Gasteiger partial charge in [0.1, 0.15) is 0 Å². The lowest BCUT2D eigenvalue weighted by atomic mass is 10.2. The van der Waals surface area contributed by atoms with Crippen molar-refractivity contribution in [2.45, 2.75) is 13.8 Å². The van der Waals surface area contributed by atoms with Crippen molar-refractivity contribution in [1.82, 2.24) is 5.43 Å². The van der Waals surface area contributed by atoms with E-state index in [0.717, 1.165) is 18.7 Å². The van der Waals surface area contributed by atoms with Crippen molar-refractivity contribution in [3.63, 3.8) is 0 Å². The van der Waals surface area contributed by atoms with Gasteiger partial charge in [-0.15, -0.1) is 0 Å². The molecule has 3 nitrogen and oxygen atoms in total. The van der Waals surface area contributed by atoms with E-state index in [4.69, 9.17) is 12.2 Å². The molecule has 0 heterocycles. The fourth-order valence-corrected chi connectivity index (χ4v) is 1.76. The summed E-state index contributed by atoms with van der Waals surface area (Å²) in [5.74, 6) is 0. The van der Waals surface area contributed by atoms with E-state index in [2.05, 4.69) is 53.5 Å². The number of rotatable bonds is 5. The van der Waals surface area contributed by atoms with Gasteiger partial charge in [0, 0.05) is 18.8 Å². The molecule has 0 fully saturated rings. The summed E-state index contributed by atoms with van der Waals surface area (Å²) in [6, 6.07) is 8.34. The molecule has 1 rings (SSSR count). The summed E-state index contributed by atoms with van der Waals surface area (Å²) in [6.45, 7) is 6.36. The van der Waals surface area contributed by atoms with E-state index < -0.39 is 0 Å². The SMILES string of the molecule is CCN(CC)c1ccc(/C=N/NC(=S)SC)cc1. The minimum atomic E-state index is 0.672. The Labute approximate surface area is 119 Å². The van der Waals surface area contributed by atoms with Gasteiger partial charge in [-0.1, -0.05) is 36.1 Å². The maximum Gasteiger partial charge on any atom is 0.153 e. The maximum atomic E-state index is 4.99. The van der Waals surface area contributed by atoms with Gasteiger partial charge >= 0.3 is 0 Å². The van der Waals surface area contributed by atoms with Gasteiger partial charge in [0.2, 0.25) is 0 Å². The highest BCUT2D eigenvalue weighted by Gasteiger charge is 2.00. The van der Waals surface area contributed by atoms with Crippen LogP contribution in [0.25, 0.3) is 0 Å². The number of thioether (sulfide) groups is 1. The zero-order valence-corrected chi connectivity index (χ0v) is 12.6. The van der Waals surface area contributed by atoms with E-state index in [-0.39, 0.29) is 0 Å². The van der Waals surface area contributed by atoms with Gasteiger partial charge in [0.05, 0.1) is 6.21 Å². The quantitative estimate of drug-likeness (QED) is 0.510. The Morgan fingerprint density at radius 2 is 1.94 bits per heavy atom. The Balaban J connectivity index is 2.62. The lowest BCUT2D eigenvalue weighted by Gasteiger charge is -2.20. The Bertz CT molecular complexity index is 397. The monoisotopic (exact) mass is 281 g/mol. The first kappa shape index (κ1) is 15.0. The number of hydrazone groups is 1. The summed E-state index contributed by atoms with van der Waals surface area (Å²) in [5, 5.41) is 4.08. The van der Waals surface area contributed by atoms with Crippen molar-refractivity contribution >= 4 is 40.2 Å². The summed E-state index contributed by atoms with van der Waals surface area (Å²) >= 11 is 6.46. The second kappa shape index (κ2) is 8.11. The van der Waals surface area contributed by atoms with Crippen LogP contribution in [-0.2, 0) is 0 Å². The van der Waals surface area contributed by atoms with Crippen molar-refractivity contribution in [1.29, 1.82) is 0 Å². The van der Waals surface area contributed by atoms with Crippen LogP contribution in [0, 0.1) is 0 Å². The van der Waals surface area contributed by atoms with Crippen LogP contribution in [0.15, 0.2) is 29.4 Å². The lowest BCUT2D eigenvalue weighted by Crippen LogP contribution is -2.21. The first-order valence-corrected chi connectivity index (χ1v) is 7.56. The molecule has 0 aromatic heterocycles. The molecule has 0 saturated heterocycles. The van der Waals surface area contributed by atoms with Crippen LogP contribution in [0.5, 0.6) is 0 Å². The second-order valence-electron chi connectivity index (χ2n) is 3.63. The van der Waals surface area contributed by atoms with Crippen molar-refractivity contribution in [2.75, 3.05) is 24.2 Å². The molecule has 0 aliphatic carbocycles. The standard InChI is InChI=1S/C13H19N3S2/c1-4-16(5-2)12-8-6-11(7-9-12)10-14-15-13(17)18-3/h6-10H,4-5H2,1-3H3,(H,15,17)/b14-10+. The smallest absolute Gasteiger partial charge is 0.153 e. The van der Waals surface area contributed by atoms with Gasteiger partial charge in [-0.25, -0.2) is 0 Å². The number of anilines is 1. The molecular formula is C13H19N3S2. The van der Waals surface area contributed by atoms with Gasteiger partial charge in [-0.3, -0.25) is 5.43 Å². The molecule has 0 unspecified atom stereocenters. The van der Waals surface area contributed by atoms with Gasteiger partial charge in [-0.2, -0.15) is 5.10 Å². The maximum absolute atomic E-state index is 4.99. The minimum absolute atomic E-state index is 0.672. The van der Waals surface area contributed by atoms with Crippen LogP contribution in [0.1, 0.15) is 19.4 Å². The van der Waals surface area contributed by atoms with E-state index in [1.54, 1.807) is 6.21 Å². The van der Waals surface area contributed by atoms with E-state index in [9.17, 15) is 0 Å². The molecule has 1 aromatic carbocycles. The fraction of sp³-hybridized carbons (Fsp3) is 0.385. The lowest BCUT2D eigenvalue weighted by molar-refractivity contribution is 0.866. The minimum Gasteiger partial charge on any atom is -0.372 e. The summed E-state index contributed by atoms with van der Waals surface area (Å²) in [4.78, 5) is 2.31. The molecule has 0 bridgehead atoms. The normalized spacial score (nSPS) is 10.6. The first-order valence-electron chi connectivity index (χ1n) is 5.93. The summed E-state index contributed by atoms with van der Waals surface area (Å²) in [6.07, 6.45) is 3.69. The molecule has 0 amide bonds. The highest BCUT2D eigenvalue weighted by Crippen LogP contribution is 2.13. The molecule has 1 N–H and O–H groups in total. The molecule has 98 valence electrons. The molecule has 1 aromatic rings. The Hall–Kier alpha value is -1.07. The number of benzene rings is 1. The van der Waals surface area contributed by atoms with Crippen LogP contribution >= 0.6 is 24.0 Å². The van der Waals surface area contributed by atoms with Crippen molar-refractivity contribution in [3.8, 4) is 0 Å². The second-order valence-corrected chi connectivity index (χ2v) is 5.11. The van der Waals surface area contributed by atoms with Crippen LogP contribution in [-0.4, -0.2) is 29.9 Å². The average Bonchev–Trinajstić information content (AvgIpc) is 2.41. The Kier molecular flexibility index (Phi) is 6.75. The van der Waals surface area contributed by atoms with Crippen molar-refractivity contribution in [3.05, 3.63) is 29.8 Å². The molecule has 5 heteroatoms. The molecule has 0 aliphatic rings. The Morgan fingerprint density at radius 3 is 2.44 bits per heavy atom. The van der Waals surface area contributed by atoms with Crippen LogP contribution in [0.4, 0.5) is 5.69 Å². The van der Waals surface area contributed by atoms with Crippen LogP contribution in [0.2, 0.25) is 0 Å². The molecule has 18 heavy (non-hydrogen) atoms. The molecule has 0 radical (unpaired) electrons.